The van der Waals surface area contributed by atoms with Gasteiger partial charge in [-0.3, -0.25) is 4.79 Å². The number of aryl methyl sites for hydroxylation is 1. The zero-order valence-corrected chi connectivity index (χ0v) is 19.3. The summed E-state index contributed by atoms with van der Waals surface area (Å²) >= 11 is 1.35. The van der Waals surface area contributed by atoms with Crippen LogP contribution < -0.4 is 14.8 Å². The van der Waals surface area contributed by atoms with Crippen LogP contribution in [-0.2, 0) is 4.79 Å². The molecule has 1 N–H and O–H groups in total. The van der Waals surface area contributed by atoms with Crippen LogP contribution in [0.1, 0.15) is 12.5 Å². The van der Waals surface area contributed by atoms with E-state index in [9.17, 15) is 9.18 Å². The molecule has 0 bridgehead atoms. The maximum atomic E-state index is 14.2. The quantitative estimate of drug-likeness (QED) is 0.348. The minimum Gasteiger partial charge on any atom is -0.493 e. The normalized spacial score (nSPS) is 11.6. The van der Waals surface area contributed by atoms with Crippen LogP contribution in [0.4, 0.5) is 10.1 Å². The summed E-state index contributed by atoms with van der Waals surface area (Å²) in [6, 6.07) is 19.4. The van der Waals surface area contributed by atoms with Gasteiger partial charge in [-0.2, -0.15) is 0 Å². The Morgan fingerprint density at radius 3 is 2.52 bits per heavy atom. The SMILES string of the molecule is COc1cc(C)ccc1OC(C)C(=O)Nc1ccccc1-c1csc(-c2ccccc2F)n1. The molecule has 1 unspecified atom stereocenters. The van der Waals surface area contributed by atoms with Crippen molar-refractivity contribution in [3.63, 3.8) is 0 Å². The van der Waals surface area contributed by atoms with Crippen LogP contribution in [0.2, 0.25) is 0 Å². The molecule has 0 saturated heterocycles. The molecular formula is C26H23FN2O3S. The third-order valence-corrected chi connectivity index (χ3v) is 5.94. The van der Waals surface area contributed by atoms with Crippen molar-refractivity contribution in [1.82, 2.24) is 4.98 Å². The van der Waals surface area contributed by atoms with Gasteiger partial charge in [-0.1, -0.05) is 36.4 Å². The number of carbonyl (C=O) groups is 1. The Labute approximate surface area is 195 Å². The lowest BCUT2D eigenvalue weighted by Gasteiger charge is -2.18. The number of anilines is 1. The molecule has 0 aliphatic heterocycles. The highest BCUT2D eigenvalue weighted by Gasteiger charge is 2.19. The van der Waals surface area contributed by atoms with Gasteiger partial charge in [0, 0.05) is 16.5 Å². The summed E-state index contributed by atoms with van der Waals surface area (Å²) in [5.74, 6) is 0.429. The van der Waals surface area contributed by atoms with E-state index in [4.69, 9.17) is 9.47 Å². The van der Waals surface area contributed by atoms with Gasteiger partial charge < -0.3 is 14.8 Å². The highest BCUT2D eigenvalue weighted by atomic mass is 32.1. The fraction of sp³-hybridized carbons (Fsp3) is 0.154. The number of benzene rings is 3. The predicted molar refractivity (Wildman–Crippen MR) is 129 cm³/mol. The first-order valence-corrected chi connectivity index (χ1v) is 11.3. The van der Waals surface area contributed by atoms with Crippen molar-refractivity contribution >= 4 is 22.9 Å². The molecule has 33 heavy (non-hydrogen) atoms. The van der Waals surface area contributed by atoms with E-state index in [2.05, 4.69) is 10.3 Å². The number of nitrogens with one attached hydrogen (secondary N) is 1. The lowest BCUT2D eigenvalue weighted by atomic mass is 10.1. The van der Waals surface area contributed by atoms with Gasteiger partial charge in [-0.15, -0.1) is 11.3 Å². The molecule has 0 radical (unpaired) electrons. The molecule has 168 valence electrons. The summed E-state index contributed by atoms with van der Waals surface area (Å²) in [5, 5.41) is 5.35. The monoisotopic (exact) mass is 462 g/mol. The van der Waals surface area contributed by atoms with Crippen LogP contribution in [0, 0.1) is 12.7 Å². The summed E-state index contributed by atoms with van der Waals surface area (Å²) in [4.78, 5) is 17.5. The van der Waals surface area contributed by atoms with E-state index >= 15 is 0 Å². The van der Waals surface area contributed by atoms with Crippen molar-refractivity contribution in [2.75, 3.05) is 12.4 Å². The molecular weight excluding hydrogens is 439 g/mol. The van der Waals surface area contributed by atoms with Gasteiger partial charge in [-0.05, 0) is 49.7 Å². The molecule has 0 saturated carbocycles. The first-order valence-electron chi connectivity index (χ1n) is 10.4. The summed E-state index contributed by atoms with van der Waals surface area (Å²) in [5.41, 5.74) is 3.47. The number of thiazole rings is 1. The third kappa shape index (κ3) is 5.04. The second-order valence-corrected chi connectivity index (χ2v) is 8.33. The zero-order chi connectivity index (χ0) is 23.4. The first-order chi connectivity index (χ1) is 16.0. The molecule has 4 aromatic rings. The lowest BCUT2D eigenvalue weighted by molar-refractivity contribution is -0.122. The van der Waals surface area contributed by atoms with Gasteiger partial charge >= 0.3 is 0 Å². The largest absolute Gasteiger partial charge is 0.493 e. The van der Waals surface area contributed by atoms with Gasteiger partial charge in [0.2, 0.25) is 0 Å². The zero-order valence-electron chi connectivity index (χ0n) is 18.5. The Kier molecular flexibility index (Phi) is 6.70. The van der Waals surface area contributed by atoms with Gasteiger partial charge in [0.1, 0.15) is 10.8 Å². The highest BCUT2D eigenvalue weighted by molar-refractivity contribution is 7.13. The summed E-state index contributed by atoms with van der Waals surface area (Å²) in [6.07, 6.45) is -0.765. The van der Waals surface area contributed by atoms with Crippen molar-refractivity contribution in [2.24, 2.45) is 0 Å². The third-order valence-electron chi connectivity index (χ3n) is 5.06. The van der Waals surface area contributed by atoms with E-state index < -0.39 is 6.10 Å². The number of nitrogens with zero attached hydrogens (tertiary/aromatic N) is 1. The molecule has 1 amide bonds. The molecule has 0 aliphatic carbocycles. The van der Waals surface area contributed by atoms with E-state index in [0.29, 0.717) is 33.5 Å². The van der Waals surface area contributed by atoms with Crippen molar-refractivity contribution < 1.29 is 18.7 Å². The number of rotatable bonds is 7. The lowest BCUT2D eigenvalue weighted by Crippen LogP contribution is -2.30. The Balaban J connectivity index is 1.54. The number of carbonyl (C=O) groups excluding carboxylic acids is 1. The van der Waals surface area contributed by atoms with E-state index in [0.717, 1.165) is 11.1 Å². The standard InChI is InChI=1S/C26H23FN2O3S/c1-16-12-13-23(24(14-16)31-3)32-17(2)25(30)28-21-11-7-5-9-19(21)22-15-33-26(29-22)18-8-4-6-10-20(18)27/h4-15,17H,1-3H3,(H,28,30). The average Bonchev–Trinajstić information content (AvgIpc) is 3.30. The average molecular weight is 463 g/mol. The fourth-order valence-electron chi connectivity index (χ4n) is 3.32. The van der Waals surface area contributed by atoms with Crippen molar-refractivity contribution in [3.05, 3.63) is 83.5 Å². The maximum absolute atomic E-state index is 14.2. The minimum atomic E-state index is -0.765. The number of amides is 1. The van der Waals surface area contributed by atoms with E-state index in [1.54, 1.807) is 44.4 Å². The molecule has 1 aromatic heterocycles. The maximum Gasteiger partial charge on any atom is 0.265 e. The van der Waals surface area contributed by atoms with Gasteiger partial charge in [0.25, 0.3) is 5.91 Å². The Morgan fingerprint density at radius 1 is 1.03 bits per heavy atom. The highest BCUT2D eigenvalue weighted by Crippen LogP contribution is 2.34. The number of ether oxygens (including phenoxy) is 2. The van der Waals surface area contributed by atoms with Crippen molar-refractivity contribution in [1.29, 1.82) is 0 Å². The topological polar surface area (TPSA) is 60.5 Å². The molecule has 0 spiro atoms. The number of hydrogen-bond donors (Lipinski definition) is 1. The first kappa shape index (κ1) is 22.5. The van der Waals surface area contributed by atoms with Crippen molar-refractivity contribution in [2.45, 2.75) is 20.0 Å². The Morgan fingerprint density at radius 2 is 1.76 bits per heavy atom. The predicted octanol–water partition coefficient (Wildman–Crippen LogP) is 6.34. The van der Waals surface area contributed by atoms with E-state index in [1.165, 1.54) is 17.4 Å². The van der Waals surface area contributed by atoms with Crippen LogP contribution in [0.25, 0.3) is 21.8 Å². The molecule has 3 aromatic carbocycles. The Bertz CT molecular complexity index is 1290. The molecule has 4 rings (SSSR count). The van der Waals surface area contributed by atoms with E-state index in [1.807, 2.05) is 42.6 Å². The number of aromatic nitrogens is 1. The molecule has 7 heteroatoms. The minimum absolute atomic E-state index is 0.311. The van der Waals surface area contributed by atoms with Gasteiger partial charge in [0.15, 0.2) is 17.6 Å². The number of para-hydroxylation sites is 1. The number of halogens is 1. The molecule has 1 atom stereocenters. The molecule has 1 heterocycles. The second-order valence-electron chi connectivity index (χ2n) is 7.47. The van der Waals surface area contributed by atoms with E-state index in [-0.39, 0.29) is 11.7 Å². The van der Waals surface area contributed by atoms with Crippen molar-refractivity contribution in [3.8, 4) is 33.3 Å². The smallest absolute Gasteiger partial charge is 0.265 e. The van der Waals surface area contributed by atoms with Gasteiger partial charge in [-0.25, -0.2) is 9.37 Å². The molecule has 0 aliphatic rings. The summed E-state index contributed by atoms with van der Waals surface area (Å²) < 4.78 is 25.4. The second kappa shape index (κ2) is 9.83. The van der Waals surface area contributed by atoms with Crippen LogP contribution in [0.3, 0.4) is 0 Å². The fourth-order valence-corrected chi connectivity index (χ4v) is 4.17. The molecule has 5 nitrogen and oxygen atoms in total. The molecule has 0 fully saturated rings. The van der Waals surface area contributed by atoms with Crippen LogP contribution in [-0.4, -0.2) is 24.1 Å². The summed E-state index contributed by atoms with van der Waals surface area (Å²) in [7, 11) is 1.56. The summed E-state index contributed by atoms with van der Waals surface area (Å²) in [6.45, 7) is 3.63. The van der Waals surface area contributed by atoms with Crippen LogP contribution in [0.5, 0.6) is 11.5 Å². The number of methoxy groups -OCH3 is 1. The van der Waals surface area contributed by atoms with Gasteiger partial charge in [0.05, 0.1) is 18.5 Å². The van der Waals surface area contributed by atoms with Crippen LogP contribution in [0.15, 0.2) is 72.1 Å². The van der Waals surface area contributed by atoms with Crippen LogP contribution >= 0.6 is 11.3 Å². The Hall–Kier alpha value is -3.71. The number of hydrogen-bond acceptors (Lipinski definition) is 5.